The molecule has 0 saturated carbocycles. The van der Waals surface area contributed by atoms with Gasteiger partial charge in [0.05, 0.1) is 12.8 Å². The standard InChI is InChI=1S/C10H15NO2/c1-3-12-6-7-13-10-8-11-5-4-9(10)2/h4-5,8H,3,6-7H2,1-2H3. The van der Waals surface area contributed by atoms with Crippen LogP contribution in [0.25, 0.3) is 0 Å². The Hall–Kier alpha value is -1.09. The molecule has 0 amide bonds. The van der Waals surface area contributed by atoms with Crippen LogP contribution in [0.4, 0.5) is 0 Å². The van der Waals surface area contributed by atoms with Crippen molar-refractivity contribution in [2.75, 3.05) is 19.8 Å². The lowest BCUT2D eigenvalue weighted by Gasteiger charge is -2.07. The summed E-state index contributed by atoms with van der Waals surface area (Å²) in [5, 5.41) is 0. The summed E-state index contributed by atoms with van der Waals surface area (Å²) in [7, 11) is 0. The predicted molar refractivity (Wildman–Crippen MR) is 51.0 cm³/mol. The molecule has 0 spiro atoms. The van der Waals surface area contributed by atoms with Crippen LogP contribution in [0.3, 0.4) is 0 Å². The second-order valence-corrected chi connectivity index (χ2v) is 2.69. The van der Waals surface area contributed by atoms with Gasteiger partial charge < -0.3 is 9.47 Å². The highest BCUT2D eigenvalue weighted by Gasteiger charge is 1.96. The fourth-order valence-corrected chi connectivity index (χ4v) is 0.956. The molecule has 0 unspecified atom stereocenters. The Morgan fingerprint density at radius 2 is 2.23 bits per heavy atom. The van der Waals surface area contributed by atoms with Crippen molar-refractivity contribution in [1.29, 1.82) is 0 Å². The average Bonchev–Trinajstić information content (AvgIpc) is 2.15. The van der Waals surface area contributed by atoms with Crippen LogP contribution >= 0.6 is 0 Å². The summed E-state index contributed by atoms with van der Waals surface area (Å²) in [5.74, 6) is 0.835. The number of hydrogen-bond acceptors (Lipinski definition) is 3. The van der Waals surface area contributed by atoms with Gasteiger partial charge in [-0.05, 0) is 25.5 Å². The number of aromatic nitrogens is 1. The number of nitrogens with zero attached hydrogens (tertiary/aromatic N) is 1. The molecule has 0 radical (unpaired) electrons. The van der Waals surface area contributed by atoms with Gasteiger partial charge in [0.15, 0.2) is 0 Å². The molecule has 0 fully saturated rings. The molecule has 0 atom stereocenters. The van der Waals surface area contributed by atoms with Gasteiger partial charge in [-0.15, -0.1) is 0 Å². The lowest BCUT2D eigenvalue weighted by molar-refractivity contribution is 0.110. The van der Waals surface area contributed by atoms with Crippen LogP contribution in [0.5, 0.6) is 5.75 Å². The maximum absolute atomic E-state index is 5.45. The van der Waals surface area contributed by atoms with Crippen LogP contribution in [0, 0.1) is 6.92 Å². The minimum Gasteiger partial charge on any atom is -0.489 e. The molecule has 72 valence electrons. The smallest absolute Gasteiger partial charge is 0.140 e. The van der Waals surface area contributed by atoms with E-state index in [0.29, 0.717) is 13.2 Å². The third-order valence-electron chi connectivity index (χ3n) is 1.68. The largest absolute Gasteiger partial charge is 0.489 e. The van der Waals surface area contributed by atoms with Gasteiger partial charge in [0, 0.05) is 12.8 Å². The van der Waals surface area contributed by atoms with E-state index in [1.807, 2.05) is 19.9 Å². The maximum Gasteiger partial charge on any atom is 0.140 e. The second kappa shape index (κ2) is 5.54. The van der Waals surface area contributed by atoms with Gasteiger partial charge in [-0.2, -0.15) is 0 Å². The molecular weight excluding hydrogens is 166 g/mol. The lowest BCUT2D eigenvalue weighted by Crippen LogP contribution is -2.07. The predicted octanol–water partition coefficient (Wildman–Crippen LogP) is 1.81. The molecule has 13 heavy (non-hydrogen) atoms. The van der Waals surface area contributed by atoms with Crippen LogP contribution in [0.2, 0.25) is 0 Å². The third kappa shape index (κ3) is 3.42. The van der Waals surface area contributed by atoms with Crippen LogP contribution in [0.15, 0.2) is 18.5 Å². The summed E-state index contributed by atoms with van der Waals surface area (Å²) in [6.45, 7) is 5.91. The summed E-state index contributed by atoms with van der Waals surface area (Å²) in [4.78, 5) is 3.98. The first-order valence-electron chi connectivity index (χ1n) is 4.45. The Balaban J connectivity index is 2.32. The molecule has 0 aliphatic rings. The molecular formula is C10H15NO2. The molecule has 3 nitrogen and oxygen atoms in total. The Morgan fingerprint density at radius 1 is 1.38 bits per heavy atom. The van der Waals surface area contributed by atoms with Gasteiger partial charge in [-0.25, -0.2) is 0 Å². The van der Waals surface area contributed by atoms with Crippen molar-refractivity contribution < 1.29 is 9.47 Å². The first-order valence-corrected chi connectivity index (χ1v) is 4.45. The topological polar surface area (TPSA) is 31.4 Å². The number of rotatable bonds is 5. The summed E-state index contributed by atoms with van der Waals surface area (Å²) in [6.07, 6.45) is 3.48. The van der Waals surface area contributed by atoms with Crippen LogP contribution < -0.4 is 4.74 Å². The summed E-state index contributed by atoms with van der Waals surface area (Å²) in [5.41, 5.74) is 1.10. The van der Waals surface area contributed by atoms with E-state index in [1.54, 1.807) is 12.4 Å². The van der Waals surface area contributed by atoms with E-state index >= 15 is 0 Å². The normalized spacial score (nSPS) is 10.0. The van der Waals surface area contributed by atoms with Gasteiger partial charge in [0.25, 0.3) is 0 Å². The molecule has 1 heterocycles. The zero-order valence-corrected chi connectivity index (χ0v) is 8.12. The van der Waals surface area contributed by atoms with Crippen molar-refractivity contribution >= 4 is 0 Å². The van der Waals surface area contributed by atoms with Crippen molar-refractivity contribution in [2.24, 2.45) is 0 Å². The number of hydrogen-bond donors (Lipinski definition) is 0. The molecule has 0 N–H and O–H groups in total. The first kappa shape index (κ1) is 9.99. The van der Waals surface area contributed by atoms with E-state index in [-0.39, 0.29) is 0 Å². The van der Waals surface area contributed by atoms with E-state index < -0.39 is 0 Å². The molecule has 0 saturated heterocycles. The van der Waals surface area contributed by atoms with Crippen molar-refractivity contribution in [3.63, 3.8) is 0 Å². The Kier molecular flexibility index (Phi) is 4.26. The van der Waals surface area contributed by atoms with Gasteiger partial charge in [0.2, 0.25) is 0 Å². The van der Waals surface area contributed by atoms with Gasteiger partial charge in [-0.3, -0.25) is 4.98 Å². The minimum atomic E-state index is 0.584. The van der Waals surface area contributed by atoms with Crippen molar-refractivity contribution in [3.05, 3.63) is 24.0 Å². The highest BCUT2D eigenvalue weighted by Crippen LogP contribution is 2.13. The lowest BCUT2D eigenvalue weighted by atomic mass is 10.3. The van der Waals surface area contributed by atoms with Crippen molar-refractivity contribution in [1.82, 2.24) is 4.98 Å². The van der Waals surface area contributed by atoms with E-state index in [1.165, 1.54) is 0 Å². The van der Waals surface area contributed by atoms with Crippen LogP contribution in [-0.4, -0.2) is 24.8 Å². The quantitative estimate of drug-likeness (QED) is 0.649. The molecule has 1 aromatic rings. The minimum absolute atomic E-state index is 0.584. The van der Waals surface area contributed by atoms with Crippen LogP contribution in [-0.2, 0) is 4.74 Å². The zero-order chi connectivity index (χ0) is 9.52. The molecule has 0 aliphatic carbocycles. The number of ether oxygens (including phenoxy) is 2. The molecule has 0 bridgehead atoms. The number of aryl methyl sites for hydroxylation is 1. The highest BCUT2D eigenvalue weighted by atomic mass is 16.5. The fraction of sp³-hybridized carbons (Fsp3) is 0.500. The molecule has 3 heteroatoms. The Bertz CT molecular complexity index is 250. The van der Waals surface area contributed by atoms with Gasteiger partial charge >= 0.3 is 0 Å². The summed E-state index contributed by atoms with van der Waals surface area (Å²) < 4.78 is 10.6. The number of pyridine rings is 1. The molecule has 0 aliphatic heterocycles. The van der Waals surface area contributed by atoms with Crippen LogP contribution in [0.1, 0.15) is 12.5 Å². The summed E-state index contributed by atoms with van der Waals surface area (Å²) in [6, 6.07) is 1.93. The monoisotopic (exact) mass is 181 g/mol. The SMILES string of the molecule is CCOCCOc1cnccc1C. The van der Waals surface area contributed by atoms with Crippen molar-refractivity contribution in [3.8, 4) is 5.75 Å². The van der Waals surface area contributed by atoms with Gasteiger partial charge in [0.1, 0.15) is 12.4 Å². The zero-order valence-electron chi connectivity index (χ0n) is 8.12. The molecule has 1 aromatic heterocycles. The molecule has 1 rings (SSSR count). The second-order valence-electron chi connectivity index (χ2n) is 2.69. The van der Waals surface area contributed by atoms with Crippen molar-refractivity contribution in [2.45, 2.75) is 13.8 Å². The third-order valence-corrected chi connectivity index (χ3v) is 1.68. The highest BCUT2D eigenvalue weighted by molar-refractivity contribution is 5.27. The van der Waals surface area contributed by atoms with E-state index in [2.05, 4.69) is 4.98 Å². The molecule has 0 aromatic carbocycles. The van der Waals surface area contributed by atoms with E-state index in [9.17, 15) is 0 Å². The Morgan fingerprint density at radius 3 is 2.92 bits per heavy atom. The fourth-order valence-electron chi connectivity index (χ4n) is 0.956. The van der Waals surface area contributed by atoms with E-state index in [0.717, 1.165) is 17.9 Å². The summed E-state index contributed by atoms with van der Waals surface area (Å²) >= 11 is 0. The average molecular weight is 181 g/mol. The maximum atomic E-state index is 5.45. The Labute approximate surface area is 78.7 Å². The van der Waals surface area contributed by atoms with E-state index in [4.69, 9.17) is 9.47 Å². The first-order chi connectivity index (χ1) is 6.34. The van der Waals surface area contributed by atoms with Gasteiger partial charge in [-0.1, -0.05) is 0 Å².